The summed E-state index contributed by atoms with van der Waals surface area (Å²) in [6.07, 6.45) is 2.80. The van der Waals surface area contributed by atoms with E-state index < -0.39 is 6.10 Å². The van der Waals surface area contributed by atoms with Crippen molar-refractivity contribution in [2.45, 2.75) is 26.4 Å². The minimum atomic E-state index is -0.563. The first kappa shape index (κ1) is 13.4. The minimum absolute atomic E-state index is 0.135. The maximum absolute atomic E-state index is 11.6. The Morgan fingerprint density at radius 1 is 1.65 bits per heavy atom. The van der Waals surface area contributed by atoms with E-state index in [-0.39, 0.29) is 18.4 Å². The summed E-state index contributed by atoms with van der Waals surface area (Å²) in [5, 5.41) is 23.3. The Bertz CT molecular complexity index is 382. The number of hydrogen-bond acceptors (Lipinski definition) is 3. The number of aliphatic hydroxyl groups excluding tert-OH is 1. The van der Waals surface area contributed by atoms with E-state index in [1.165, 1.54) is 18.5 Å². The third kappa shape index (κ3) is 4.03. The maximum Gasteiger partial charge on any atom is 0.257 e. The standard InChI is InChI=1S/C12H18N2O3/c1-3-9(2)11(15)7-13-12(16)10-5-4-6-14(17)8-10/h4-6,8-9,11,15H,3,7H2,1-2H3,(H,13,16). The first-order valence-corrected chi connectivity index (χ1v) is 5.69. The number of nitrogens with zero attached hydrogens (tertiary/aromatic N) is 1. The van der Waals surface area contributed by atoms with Gasteiger partial charge in [0, 0.05) is 12.6 Å². The summed E-state index contributed by atoms with van der Waals surface area (Å²) in [5.74, 6) is -0.215. The van der Waals surface area contributed by atoms with E-state index in [9.17, 15) is 15.1 Å². The highest BCUT2D eigenvalue weighted by atomic mass is 16.5. The zero-order valence-electron chi connectivity index (χ0n) is 10.1. The van der Waals surface area contributed by atoms with Gasteiger partial charge in [0.25, 0.3) is 5.91 Å². The van der Waals surface area contributed by atoms with Gasteiger partial charge < -0.3 is 15.6 Å². The van der Waals surface area contributed by atoms with Gasteiger partial charge in [-0.1, -0.05) is 20.3 Å². The second-order valence-corrected chi connectivity index (χ2v) is 4.12. The fraction of sp³-hybridized carbons (Fsp3) is 0.500. The molecule has 0 saturated carbocycles. The normalized spacial score (nSPS) is 14.1. The van der Waals surface area contributed by atoms with Crippen molar-refractivity contribution in [3.63, 3.8) is 0 Å². The van der Waals surface area contributed by atoms with Crippen molar-refractivity contribution in [1.82, 2.24) is 5.32 Å². The highest BCUT2D eigenvalue weighted by Gasteiger charge is 2.14. The monoisotopic (exact) mass is 238 g/mol. The Morgan fingerprint density at radius 3 is 2.94 bits per heavy atom. The van der Waals surface area contributed by atoms with Gasteiger partial charge >= 0.3 is 0 Å². The summed E-state index contributed by atoms with van der Waals surface area (Å²) in [4.78, 5) is 11.6. The van der Waals surface area contributed by atoms with Crippen LogP contribution in [0, 0.1) is 11.1 Å². The number of hydrogen-bond donors (Lipinski definition) is 2. The number of carbonyl (C=O) groups is 1. The summed E-state index contributed by atoms with van der Waals surface area (Å²) < 4.78 is 0.569. The molecule has 0 bridgehead atoms. The Hall–Kier alpha value is -1.62. The highest BCUT2D eigenvalue weighted by molar-refractivity contribution is 5.93. The van der Waals surface area contributed by atoms with Crippen molar-refractivity contribution in [1.29, 1.82) is 0 Å². The van der Waals surface area contributed by atoms with E-state index in [4.69, 9.17) is 0 Å². The summed E-state index contributed by atoms with van der Waals surface area (Å²) in [5.41, 5.74) is 0.291. The lowest BCUT2D eigenvalue weighted by Crippen LogP contribution is -2.36. The van der Waals surface area contributed by atoms with Crippen LogP contribution in [0.25, 0.3) is 0 Å². The molecule has 5 heteroatoms. The molecule has 1 rings (SSSR count). The predicted molar refractivity (Wildman–Crippen MR) is 63.2 cm³/mol. The molecular formula is C12H18N2O3. The van der Waals surface area contributed by atoms with Crippen LogP contribution in [-0.2, 0) is 0 Å². The van der Waals surface area contributed by atoms with E-state index in [0.29, 0.717) is 10.3 Å². The largest absolute Gasteiger partial charge is 0.619 e. The molecule has 0 spiro atoms. The van der Waals surface area contributed by atoms with Crippen LogP contribution in [0.15, 0.2) is 24.5 Å². The Balaban J connectivity index is 2.50. The van der Waals surface area contributed by atoms with E-state index in [1.54, 1.807) is 6.07 Å². The van der Waals surface area contributed by atoms with Crippen molar-refractivity contribution in [3.8, 4) is 0 Å². The SMILES string of the molecule is CCC(C)C(O)CNC(=O)c1ccc[n+]([O-])c1. The molecule has 5 nitrogen and oxygen atoms in total. The van der Waals surface area contributed by atoms with Gasteiger partial charge in [-0.2, -0.15) is 4.73 Å². The van der Waals surface area contributed by atoms with Gasteiger partial charge in [0.05, 0.1) is 6.10 Å². The molecule has 1 heterocycles. The summed E-state index contributed by atoms with van der Waals surface area (Å²) in [6.45, 7) is 4.10. The quantitative estimate of drug-likeness (QED) is 0.578. The summed E-state index contributed by atoms with van der Waals surface area (Å²) in [6, 6.07) is 3.06. The fourth-order valence-corrected chi connectivity index (χ4v) is 1.36. The second kappa shape index (κ2) is 6.20. The third-order valence-electron chi connectivity index (χ3n) is 2.81. The van der Waals surface area contributed by atoms with Crippen LogP contribution in [0.3, 0.4) is 0 Å². The number of amides is 1. The second-order valence-electron chi connectivity index (χ2n) is 4.12. The van der Waals surface area contributed by atoms with Crippen molar-refractivity contribution >= 4 is 5.91 Å². The number of aromatic nitrogens is 1. The third-order valence-corrected chi connectivity index (χ3v) is 2.81. The Morgan fingerprint density at radius 2 is 2.35 bits per heavy atom. The van der Waals surface area contributed by atoms with Crippen LogP contribution in [0.5, 0.6) is 0 Å². The van der Waals surface area contributed by atoms with Crippen molar-refractivity contribution in [2.75, 3.05) is 6.54 Å². The van der Waals surface area contributed by atoms with Gasteiger partial charge in [0.2, 0.25) is 0 Å². The van der Waals surface area contributed by atoms with E-state index in [1.807, 2.05) is 13.8 Å². The van der Waals surface area contributed by atoms with Crippen LogP contribution in [0.1, 0.15) is 30.6 Å². The average Bonchev–Trinajstić information content (AvgIpc) is 2.34. The number of rotatable bonds is 5. The van der Waals surface area contributed by atoms with Crippen molar-refractivity contribution in [2.24, 2.45) is 5.92 Å². The molecule has 0 aliphatic rings. The van der Waals surface area contributed by atoms with E-state index >= 15 is 0 Å². The molecule has 0 radical (unpaired) electrons. The molecule has 17 heavy (non-hydrogen) atoms. The number of pyridine rings is 1. The van der Waals surface area contributed by atoms with Crippen LogP contribution < -0.4 is 10.0 Å². The van der Waals surface area contributed by atoms with Gasteiger partial charge in [0.1, 0.15) is 5.56 Å². The lowest BCUT2D eigenvalue weighted by atomic mass is 10.0. The Labute approximate surface area is 101 Å². The van der Waals surface area contributed by atoms with Gasteiger partial charge in [-0.15, -0.1) is 0 Å². The minimum Gasteiger partial charge on any atom is -0.619 e. The number of nitrogens with one attached hydrogen (secondary N) is 1. The molecule has 2 N–H and O–H groups in total. The smallest absolute Gasteiger partial charge is 0.257 e. The molecule has 0 aromatic carbocycles. The van der Waals surface area contributed by atoms with Gasteiger partial charge in [-0.05, 0) is 12.0 Å². The number of carbonyl (C=O) groups excluding carboxylic acids is 1. The molecule has 2 unspecified atom stereocenters. The zero-order chi connectivity index (χ0) is 12.8. The maximum atomic E-state index is 11.6. The number of aliphatic hydroxyl groups is 1. The van der Waals surface area contributed by atoms with Crippen molar-refractivity contribution in [3.05, 3.63) is 35.3 Å². The molecule has 2 atom stereocenters. The lowest BCUT2D eigenvalue weighted by Gasteiger charge is -2.17. The predicted octanol–water partition coefficient (Wildman–Crippen LogP) is 0.457. The average molecular weight is 238 g/mol. The molecule has 1 aromatic heterocycles. The summed E-state index contributed by atoms with van der Waals surface area (Å²) in [7, 11) is 0. The Kier molecular flexibility index (Phi) is 4.90. The van der Waals surface area contributed by atoms with E-state index in [2.05, 4.69) is 5.32 Å². The molecule has 0 fully saturated rings. The molecule has 1 aromatic rings. The molecular weight excluding hydrogens is 220 g/mol. The van der Waals surface area contributed by atoms with Crippen LogP contribution >= 0.6 is 0 Å². The van der Waals surface area contributed by atoms with E-state index in [0.717, 1.165) is 6.42 Å². The van der Waals surface area contributed by atoms with Gasteiger partial charge in [-0.3, -0.25) is 4.79 Å². The van der Waals surface area contributed by atoms with Gasteiger partial charge in [0.15, 0.2) is 12.4 Å². The molecule has 0 aliphatic heterocycles. The molecule has 94 valence electrons. The topological polar surface area (TPSA) is 76.3 Å². The van der Waals surface area contributed by atoms with Crippen LogP contribution in [-0.4, -0.2) is 23.7 Å². The fourth-order valence-electron chi connectivity index (χ4n) is 1.36. The zero-order valence-corrected chi connectivity index (χ0v) is 10.1. The molecule has 0 aliphatic carbocycles. The molecule has 1 amide bonds. The van der Waals surface area contributed by atoms with Crippen LogP contribution in [0.4, 0.5) is 0 Å². The van der Waals surface area contributed by atoms with Crippen molar-refractivity contribution < 1.29 is 14.6 Å². The first-order valence-electron chi connectivity index (χ1n) is 5.69. The summed E-state index contributed by atoms with van der Waals surface area (Å²) >= 11 is 0. The van der Waals surface area contributed by atoms with Crippen LogP contribution in [0.2, 0.25) is 0 Å². The lowest BCUT2D eigenvalue weighted by molar-refractivity contribution is -0.605. The first-order chi connectivity index (χ1) is 8.04. The van der Waals surface area contributed by atoms with Gasteiger partial charge in [-0.25, -0.2) is 0 Å². The molecule has 0 saturated heterocycles. The highest BCUT2D eigenvalue weighted by Crippen LogP contribution is 2.06.